The molecule has 0 radical (unpaired) electrons. The molecule has 7 nitrogen and oxygen atoms in total. The molecule has 1 saturated carbocycles. The Morgan fingerprint density at radius 1 is 1.19 bits per heavy atom. The zero-order valence-corrected chi connectivity index (χ0v) is 27.1. The fourth-order valence-corrected chi connectivity index (χ4v) is 6.25. The smallest absolute Gasteiger partial charge is 0.362 e. The van der Waals surface area contributed by atoms with Crippen LogP contribution in [0.3, 0.4) is 0 Å². The van der Waals surface area contributed by atoms with Crippen LogP contribution in [0.2, 0.25) is 0 Å². The van der Waals surface area contributed by atoms with Gasteiger partial charge in [-0.2, -0.15) is 0 Å². The summed E-state index contributed by atoms with van der Waals surface area (Å²) in [7, 11) is -3.56. The summed E-state index contributed by atoms with van der Waals surface area (Å²) in [5, 5.41) is -2.69. The highest BCUT2D eigenvalue weighted by molar-refractivity contribution is 7.53. The summed E-state index contributed by atoms with van der Waals surface area (Å²) < 4.78 is 53.8. The van der Waals surface area contributed by atoms with Gasteiger partial charge in [0.2, 0.25) is 11.3 Å². The number of halogens is 2. The van der Waals surface area contributed by atoms with Crippen molar-refractivity contribution in [3.63, 3.8) is 0 Å². The van der Waals surface area contributed by atoms with Crippen LogP contribution in [-0.2, 0) is 22.5 Å². The molecular formula is C33H45F2N2O5P. The van der Waals surface area contributed by atoms with Crippen molar-refractivity contribution in [1.82, 2.24) is 4.90 Å². The zero-order chi connectivity index (χ0) is 32.1. The van der Waals surface area contributed by atoms with Gasteiger partial charge in [0.1, 0.15) is 18.2 Å². The first-order valence-electron chi connectivity index (χ1n) is 14.5. The topological polar surface area (TPSA) is 91.6 Å². The Balaban J connectivity index is 1.97. The Morgan fingerprint density at radius 3 is 2.35 bits per heavy atom. The summed E-state index contributed by atoms with van der Waals surface area (Å²) in [6.45, 7) is 15.1. The van der Waals surface area contributed by atoms with Gasteiger partial charge in [-0.1, -0.05) is 30.3 Å². The zero-order valence-electron chi connectivity index (χ0n) is 26.2. The maximum Gasteiger partial charge on any atom is 0.362 e. The lowest BCUT2D eigenvalue weighted by Gasteiger charge is -2.32. The number of rotatable bonds is 15. The van der Waals surface area contributed by atoms with Crippen molar-refractivity contribution >= 4 is 19.9 Å². The second kappa shape index (κ2) is 14.3. The maximum absolute atomic E-state index is 15.5. The molecule has 2 aromatic carbocycles. The first-order valence-corrected chi connectivity index (χ1v) is 16.2. The van der Waals surface area contributed by atoms with Crippen molar-refractivity contribution in [1.29, 1.82) is 0 Å². The van der Waals surface area contributed by atoms with E-state index in [0.29, 0.717) is 41.8 Å². The number of methoxy groups -OCH3 is 1. The summed E-state index contributed by atoms with van der Waals surface area (Å²) in [6.07, 6.45) is 2.96. The van der Waals surface area contributed by atoms with Crippen molar-refractivity contribution in [2.24, 2.45) is 10.9 Å². The van der Waals surface area contributed by atoms with E-state index in [0.717, 1.165) is 18.1 Å². The lowest BCUT2D eigenvalue weighted by atomic mass is 9.89. The number of hydrogen-bond donors (Lipinski definition) is 2. The van der Waals surface area contributed by atoms with E-state index in [9.17, 15) is 18.7 Å². The van der Waals surface area contributed by atoms with Gasteiger partial charge in [-0.3, -0.25) is 9.46 Å². The molecule has 0 spiro atoms. The Kier molecular flexibility index (Phi) is 11.5. The normalized spacial score (nSPS) is 17.1. The third kappa shape index (κ3) is 8.63. The first-order chi connectivity index (χ1) is 20.1. The van der Waals surface area contributed by atoms with Gasteiger partial charge in [0.05, 0.1) is 7.11 Å². The number of aliphatic imine (C=N–C) groups is 1. The lowest BCUT2D eigenvalue weighted by molar-refractivity contribution is 0.165. The summed E-state index contributed by atoms with van der Waals surface area (Å²) in [5.41, 5.74) is 3.27. The van der Waals surface area contributed by atoms with Crippen LogP contribution in [0.15, 0.2) is 65.2 Å². The van der Waals surface area contributed by atoms with Gasteiger partial charge in [-0.05, 0) is 101 Å². The molecule has 2 atom stereocenters. The molecule has 0 aliphatic heterocycles. The number of nitrogens with zero attached hydrogens (tertiary/aromatic N) is 2. The molecular weight excluding hydrogens is 573 g/mol. The van der Waals surface area contributed by atoms with Crippen LogP contribution in [0.5, 0.6) is 5.75 Å². The van der Waals surface area contributed by atoms with Gasteiger partial charge in [-0.15, -0.1) is 0 Å². The quantitative estimate of drug-likeness (QED) is 0.0907. The molecule has 0 bridgehead atoms. The summed E-state index contributed by atoms with van der Waals surface area (Å²) in [4.78, 5) is 25.7. The molecule has 2 aromatic rings. The predicted molar refractivity (Wildman–Crippen MR) is 168 cm³/mol. The molecule has 0 saturated heterocycles. The van der Waals surface area contributed by atoms with Crippen LogP contribution in [0.25, 0.3) is 5.57 Å². The SMILES string of the molecule is C=N/C(=C\C(=C(/C)F)c1ccc(COc2cccc([C@H](C3CC3)[C@@](C)(F)P(=O)(O)O)c2)cc1CN(C(C)C)C(C)C)OC. The molecule has 0 amide bonds. The van der Waals surface area contributed by atoms with Crippen LogP contribution in [0.4, 0.5) is 8.78 Å². The minimum Gasteiger partial charge on any atom is -0.489 e. The van der Waals surface area contributed by atoms with Crippen molar-refractivity contribution in [2.45, 2.75) is 90.9 Å². The van der Waals surface area contributed by atoms with E-state index in [4.69, 9.17) is 9.47 Å². The monoisotopic (exact) mass is 618 g/mol. The van der Waals surface area contributed by atoms with Crippen LogP contribution < -0.4 is 4.74 Å². The van der Waals surface area contributed by atoms with Gasteiger partial charge in [0.15, 0.2) is 0 Å². The Bertz CT molecular complexity index is 1380. The Hall–Kier alpha value is -2.84. The van der Waals surface area contributed by atoms with Crippen molar-refractivity contribution in [3.8, 4) is 5.75 Å². The fourth-order valence-electron chi connectivity index (χ4n) is 5.53. The van der Waals surface area contributed by atoms with E-state index in [-0.39, 0.29) is 36.3 Å². The summed E-state index contributed by atoms with van der Waals surface area (Å²) in [6, 6.07) is 13.0. The van der Waals surface area contributed by atoms with Crippen molar-refractivity contribution in [3.05, 3.63) is 82.5 Å². The minimum atomic E-state index is -5.01. The van der Waals surface area contributed by atoms with Gasteiger partial charge in [0, 0.05) is 36.2 Å². The average molecular weight is 619 g/mol. The first kappa shape index (κ1) is 34.6. The van der Waals surface area contributed by atoms with Crippen LogP contribution in [0, 0.1) is 5.92 Å². The van der Waals surface area contributed by atoms with Gasteiger partial charge in [0.25, 0.3) is 0 Å². The molecule has 236 valence electrons. The average Bonchev–Trinajstić information content (AvgIpc) is 3.75. The second-order valence-electron chi connectivity index (χ2n) is 11.9. The Morgan fingerprint density at radius 2 is 1.84 bits per heavy atom. The van der Waals surface area contributed by atoms with E-state index < -0.39 is 18.9 Å². The van der Waals surface area contributed by atoms with E-state index in [2.05, 4.69) is 44.3 Å². The molecule has 0 heterocycles. The van der Waals surface area contributed by atoms with Crippen molar-refractivity contribution in [2.75, 3.05) is 7.11 Å². The fraction of sp³-hybridized carbons (Fsp3) is 0.485. The minimum absolute atomic E-state index is 0.136. The van der Waals surface area contributed by atoms with Crippen LogP contribution in [-0.4, -0.2) is 46.0 Å². The second-order valence-corrected chi connectivity index (χ2v) is 13.9. The maximum atomic E-state index is 15.5. The number of ether oxygens (including phenoxy) is 2. The predicted octanol–water partition coefficient (Wildman–Crippen LogP) is 8.13. The van der Waals surface area contributed by atoms with Crippen LogP contribution >= 0.6 is 7.60 Å². The van der Waals surface area contributed by atoms with Gasteiger partial charge >= 0.3 is 7.60 Å². The number of hydrogen-bond acceptors (Lipinski definition) is 5. The molecule has 0 unspecified atom stereocenters. The highest BCUT2D eigenvalue weighted by Gasteiger charge is 2.55. The molecule has 1 fully saturated rings. The van der Waals surface area contributed by atoms with Crippen LogP contribution in [0.1, 0.15) is 82.6 Å². The Labute approximate surface area is 254 Å². The van der Waals surface area contributed by atoms with Gasteiger partial charge in [-0.25, -0.2) is 13.8 Å². The molecule has 3 rings (SSSR count). The molecule has 0 aromatic heterocycles. The van der Waals surface area contributed by atoms with Gasteiger partial charge < -0.3 is 19.3 Å². The van der Waals surface area contributed by atoms with E-state index >= 15 is 4.39 Å². The summed E-state index contributed by atoms with van der Waals surface area (Å²) in [5.74, 6) is -0.803. The lowest BCUT2D eigenvalue weighted by Crippen LogP contribution is -2.36. The van der Waals surface area contributed by atoms with E-state index in [1.165, 1.54) is 20.1 Å². The molecule has 1 aliphatic rings. The van der Waals surface area contributed by atoms with E-state index in [1.54, 1.807) is 24.3 Å². The third-order valence-electron chi connectivity index (χ3n) is 8.00. The molecule has 1 aliphatic carbocycles. The largest absolute Gasteiger partial charge is 0.489 e. The standard InChI is InChI=1S/C33H45F2N2O5P/c1-21(2)37(22(3)4)19-27-16-24(12-15-29(27)30(23(5)34)18-31(36-7)41-8)20-42-28-11-9-10-26(17-28)32(25-13-14-25)33(6,35)43(38,39)40/h9-12,15-18,21-22,25,32H,7,13-14,19-20H2,1-6,8H3,(H2,38,39,40)/b30-23-,31-18+/t32-,33-/m0/s1. The van der Waals surface area contributed by atoms with E-state index in [1.807, 2.05) is 18.2 Å². The number of benzene rings is 2. The highest BCUT2D eigenvalue weighted by Crippen LogP contribution is 2.63. The highest BCUT2D eigenvalue weighted by atomic mass is 31.2. The summed E-state index contributed by atoms with van der Waals surface area (Å²) >= 11 is 0. The third-order valence-corrected chi connectivity index (χ3v) is 9.41. The molecule has 43 heavy (non-hydrogen) atoms. The molecule has 2 N–H and O–H groups in total. The number of allylic oxidation sites excluding steroid dienone is 3. The number of alkyl halides is 1. The molecule has 10 heteroatoms. The van der Waals surface area contributed by atoms with Crippen molar-refractivity contribution < 1.29 is 32.6 Å².